The Hall–Kier alpha value is -2.45. The van der Waals surface area contributed by atoms with E-state index in [-0.39, 0.29) is 23.5 Å². The third-order valence-corrected chi connectivity index (χ3v) is 5.93. The molecule has 6 nitrogen and oxygen atoms in total. The van der Waals surface area contributed by atoms with Crippen LogP contribution >= 0.6 is 27.7 Å². The number of nitrogens with zero attached hydrogens (tertiary/aromatic N) is 3. The fourth-order valence-electron chi connectivity index (χ4n) is 2.81. The van der Waals surface area contributed by atoms with Crippen molar-refractivity contribution in [1.82, 2.24) is 20.1 Å². The minimum absolute atomic E-state index is 0.0212. The Balaban J connectivity index is 1.63. The second-order valence-electron chi connectivity index (χ2n) is 6.68. The summed E-state index contributed by atoms with van der Waals surface area (Å²) < 4.78 is 2.74. The van der Waals surface area contributed by atoms with Gasteiger partial charge in [0.1, 0.15) is 0 Å². The Morgan fingerprint density at radius 1 is 1.14 bits per heavy atom. The van der Waals surface area contributed by atoms with E-state index in [0.717, 1.165) is 10.0 Å². The number of hydrogen-bond acceptors (Lipinski definition) is 5. The second-order valence-corrected chi connectivity index (χ2v) is 8.54. The van der Waals surface area contributed by atoms with Crippen molar-refractivity contribution in [3.63, 3.8) is 0 Å². The van der Waals surface area contributed by atoms with E-state index in [1.807, 2.05) is 51.2 Å². The van der Waals surface area contributed by atoms with E-state index >= 15 is 0 Å². The van der Waals surface area contributed by atoms with Crippen LogP contribution in [0.5, 0.6) is 0 Å². The quantitative estimate of drug-likeness (QED) is 0.408. The smallest absolute Gasteiger partial charge is 0.251 e. The molecule has 0 radical (unpaired) electrons. The Morgan fingerprint density at radius 3 is 2.55 bits per heavy atom. The first-order valence-electron chi connectivity index (χ1n) is 9.03. The van der Waals surface area contributed by atoms with Crippen LogP contribution in [-0.4, -0.2) is 32.2 Å². The number of halogens is 1. The highest BCUT2D eigenvalue weighted by Gasteiger charge is 2.19. The Labute approximate surface area is 182 Å². The van der Waals surface area contributed by atoms with Gasteiger partial charge in [-0.25, -0.2) is 0 Å². The van der Waals surface area contributed by atoms with Gasteiger partial charge in [-0.15, -0.1) is 10.2 Å². The summed E-state index contributed by atoms with van der Waals surface area (Å²) in [7, 11) is 1.83. The number of thioether (sulfide) groups is 1. The molecule has 150 valence electrons. The van der Waals surface area contributed by atoms with Gasteiger partial charge in [0.25, 0.3) is 5.91 Å². The largest absolute Gasteiger partial charge is 0.342 e. The normalized spacial score (nSPS) is 11.9. The van der Waals surface area contributed by atoms with Crippen LogP contribution in [0.1, 0.15) is 45.1 Å². The monoisotopic (exact) mass is 472 g/mol. The number of carbonyl (C=O) groups is 2. The summed E-state index contributed by atoms with van der Waals surface area (Å²) in [6.45, 7) is 3.81. The minimum Gasteiger partial charge on any atom is -0.342 e. The third-order valence-electron chi connectivity index (χ3n) is 4.38. The number of aromatic nitrogens is 3. The highest BCUT2D eigenvalue weighted by molar-refractivity contribution is 9.10. The number of rotatable bonds is 7. The number of benzene rings is 2. The van der Waals surface area contributed by atoms with Crippen molar-refractivity contribution in [2.75, 3.05) is 5.75 Å². The second kappa shape index (κ2) is 9.37. The van der Waals surface area contributed by atoms with Gasteiger partial charge in [-0.2, -0.15) is 0 Å². The highest BCUT2D eigenvalue weighted by Crippen LogP contribution is 2.21. The number of aryl methyl sites for hydroxylation is 1. The van der Waals surface area contributed by atoms with Gasteiger partial charge in [-0.1, -0.05) is 57.5 Å². The molecule has 0 saturated heterocycles. The summed E-state index contributed by atoms with van der Waals surface area (Å²) in [6, 6.07) is 14.4. The topological polar surface area (TPSA) is 76.9 Å². The van der Waals surface area contributed by atoms with E-state index in [4.69, 9.17) is 0 Å². The lowest BCUT2D eigenvalue weighted by atomic mass is 10.1. The minimum atomic E-state index is -0.322. The maximum absolute atomic E-state index is 12.5. The molecule has 0 bridgehead atoms. The van der Waals surface area contributed by atoms with Gasteiger partial charge in [0, 0.05) is 22.6 Å². The van der Waals surface area contributed by atoms with E-state index in [1.165, 1.54) is 11.8 Å². The number of Topliss-reactive ketones (excluding diaryl/α,β-unsaturated/α-hetero) is 1. The molecule has 8 heteroatoms. The predicted octanol–water partition coefficient (Wildman–Crippen LogP) is 4.35. The van der Waals surface area contributed by atoms with Crippen LogP contribution in [0.3, 0.4) is 0 Å². The van der Waals surface area contributed by atoms with Crippen molar-refractivity contribution in [2.24, 2.45) is 7.05 Å². The van der Waals surface area contributed by atoms with Gasteiger partial charge in [-0.05, 0) is 38.1 Å². The molecule has 29 heavy (non-hydrogen) atoms. The van der Waals surface area contributed by atoms with Crippen LogP contribution in [-0.2, 0) is 7.05 Å². The summed E-state index contributed by atoms with van der Waals surface area (Å²) in [5.41, 5.74) is 2.29. The number of carbonyl (C=O) groups excluding carboxylic acids is 2. The highest BCUT2D eigenvalue weighted by atomic mass is 79.9. The van der Waals surface area contributed by atoms with Crippen LogP contribution in [0.2, 0.25) is 0 Å². The molecule has 3 aromatic rings. The van der Waals surface area contributed by atoms with Gasteiger partial charge >= 0.3 is 0 Å². The van der Waals surface area contributed by atoms with Gasteiger partial charge in [0.05, 0.1) is 11.8 Å². The van der Waals surface area contributed by atoms with Crippen molar-refractivity contribution < 1.29 is 9.59 Å². The SMILES string of the molecule is Cc1cccc(C(=O)N[C@@H](C)c2nnc(SCC(=O)c3ccc(Br)cc3)n2C)c1. The number of nitrogens with one attached hydrogen (secondary N) is 1. The first-order valence-corrected chi connectivity index (χ1v) is 10.8. The van der Waals surface area contributed by atoms with Crippen LogP contribution in [0.4, 0.5) is 0 Å². The number of hydrogen-bond donors (Lipinski definition) is 1. The third kappa shape index (κ3) is 5.33. The average Bonchev–Trinajstić information content (AvgIpc) is 3.07. The van der Waals surface area contributed by atoms with Crippen LogP contribution < -0.4 is 5.32 Å². The fourth-order valence-corrected chi connectivity index (χ4v) is 3.89. The summed E-state index contributed by atoms with van der Waals surface area (Å²) in [4.78, 5) is 24.8. The van der Waals surface area contributed by atoms with Gasteiger partial charge in [0.2, 0.25) is 0 Å². The molecule has 1 heterocycles. The molecule has 1 atom stereocenters. The molecule has 0 saturated carbocycles. The Kier molecular flexibility index (Phi) is 6.87. The zero-order valence-electron chi connectivity index (χ0n) is 16.3. The molecule has 0 aliphatic rings. The molecule has 1 N–H and O–H groups in total. The number of ketones is 1. The van der Waals surface area contributed by atoms with E-state index in [1.54, 1.807) is 22.8 Å². The Bertz CT molecular complexity index is 1030. The summed E-state index contributed by atoms with van der Waals surface area (Å²) in [5, 5.41) is 12.0. The van der Waals surface area contributed by atoms with Crippen LogP contribution in [0.25, 0.3) is 0 Å². The molecule has 0 unspecified atom stereocenters. The van der Waals surface area contributed by atoms with Gasteiger partial charge in [0.15, 0.2) is 16.8 Å². The van der Waals surface area contributed by atoms with Crippen molar-refractivity contribution in [1.29, 1.82) is 0 Å². The van der Waals surface area contributed by atoms with E-state index in [2.05, 4.69) is 31.4 Å². The standard InChI is InChI=1S/C21H21BrN4O2S/c1-13-5-4-6-16(11-13)20(28)23-14(2)19-24-25-21(26(19)3)29-12-18(27)15-7-9-17(22)10-8-15/h4-11,14H,12H2,1-3H3,(H,23,28)/t14-/m0/s1. The first-order chi connectivity index (χ1) is 13.8. The maximum Gasteiger partial charge on any atom is 0.251 e. The molecule has 0 spiro atoms. The Morgan fingerprint density at radius 2 is 1.86 bits per heavy atom. The molecule has 0 aliphatic heterocycles. The van der Waals surface area contributed by atoms with E-state index < -0.39 is 0 Å². The lowest BCUT2D eigenvalue weighted by Gasteiger charge is -2.14. The first kappa shape index (κ1) is 21.3. The summed E-state index contributed by atoms with van der Waals surface area (Å²) >= 11 is 4.69. The predicted molar refractivity (Wildman–Crippen MR) is 117 cm³/mol. The number of amides is 1. The van der Waals surface area contributed by atoms with Gasteiger partial charge < -0.3 is 9.88 Å². The molecule has 0 aliphatic carbocycles. The lowest BCUT2D eigenvalue weighted by molar-refractivity contribution is 0.0937. The molecule has 1 amide bonds. The van der Waals surface area contributed by atoms with Crippen LogP contribution in [0.15, 0.2) is 58.2 Å². The zero-order valence-corrected chi connectivity index (χ0v) is 18.8. The molecular formula is C21H21BrN4O2S. The van der Waals surface area contributed by atoms with Crippen molar-refractivity contribution >= 4 is 39.4 Å². The molecule has 0 fully saturated rings. The maximum atomic E-state index is 12.5. The summed E-state index contributed by atoms with van der Waals surface area (Å²) in [5.74, 6) is 0.749. The van der Waals surface area contributed by atoms with E-state index in [0.29, 0.717) is 22.1 Å². The van der Waals surface area contributed by atoms with Crippen molar-refractivity contribution in [3.05, 3.63) is 75.5 Å². The van der Waals surface area contributed by atoms with Crippen LogP contribution in [0, 0.1) is 6.92 Å². The van der Waals surface area contributed by atoms with Gasteiger partial charge in [-0.3, -0.25) is 9.59 Å². The lowest BCUT2D eigenvalue weighted by Crippen LogP contribution is -2.28. The van der Waals surface area contributed by atoms with Crippen molar-refractivity contribution in [3.8, 4) is 0 Å². The summed E-state index contributed by atoms with van der Waals surface area (Å²) in [6.07, 6.45) is 0. The fraction of sp³-hybridized carbons (Fsp3) is 0.238. The molecule has 2 aromatic carbocycles. The zero-order chi connectivity index (χ0) is 21.0. The molecule has 1 aromatic heterocycles. The van der Waals surface area contributed by atoms with E-state index in [9.17, 15) is 9.59 Å². The average molecular weight is 473 g/mol. The van der Waals surface area contributed by atoms with Crippen molar-refractivity contribution in [2.45, 2.75) is 25.0 Å². The molecule has 3 rings (SSSR count). The molecular weight excluding hydrogens is 452 g/mol.